The molecule has 1 unspecified atom stereocenters. The van der Waals surface area contributed by atoms with Crippen molar-refractivity contribution in [3.8, 4) is 0 Å². The Morgan fingerprint density at radius 2 is 2.04 bits per heavy atom. The van der Waals surface area contributed by atoms with Crippen molar-refractivity contribution in [3.05, 3.63) is 52.2 Å². The first-order valence-corrected chi connectivity index (χ1v) is 9.17. The number of benzene rings is 1. The van der Waals surface area contributed by atoms with Gasteiger partial charge in [0.2, 0.25) is 0 Å². The number of rotatable bonds is 2. The Bertz CT molecular complexity index is 962. The highest BCUT2D eigenvalue weighted by Crippen LogP contribution is 2.42. The summed E-state index contributed by atoms with van der Waals surface area (Å²) in [5.41, 5.74) is 6.72. The van der Waals surface area contributed by atoms with E-state index in [1.807, 2.05) is 30.3 Å². The number of nitrogens with zero attached hydrogens (tertiary/aromatic N) is 3. The highest BCUT2D eigenvalue weighted by atomic mass is 32.2. The minimum absolute atomic E-state index is 0.00505. The second-order valence-corrected chi connectivity index (χ2v) is 7.88. The molecule has 8 nitrogen and oxygen atoms in total. The van der Waals surface area contributed by atoms with Gasteiger partial charge in [0.25, 0.3) is 5.91 Å². The Morgan fingerprint density at radius 1 is 1.29 bits per heavy atom. The van der Waals surface area contributed by atoms with Crippen LogP contribution in [0.4, 0.5) is 5.82 Å². The lowest BCUT2D eigenvalue weighted by Gasteiger charge is -2.33. The smallest absolute Gasteiger partial charge is 0.273 e. The summed E-state index contributed by atoms with van der Waals surface area (Å²) in [5, 5.41) is 10.9. The molecule has 0 fully saturated rings. The number of fused-ring (bicyclic) bond motifs is 1. The first-order chi connectivity index (χ1) is 11.5. The second kappa shape index (κ2) is 5.17. The largest absolute Gasteiger partial charge is 0.364 e. The third-order valence-corrected chi connectivity index (χ3v) is 6.24. The summed E-state index contributed by atoms with van der Waals surface area (Å²) in [6.07, 6.45) is 1.12. The number of nitrogens with one attached hydrogen (secondary N) is 1. The van der Waals surface area contributed by atoms with Gasteiger partial charge in [-0.15, -0.1) is 5.10 Å². The van der Waals surface area contributed by atoms with Crippen molar-refractivity contribution in [3.63, 3.8) is 0 Å². The molecule has 0 radical (unpaired) electrons. The summed E-state index contributed by atoms with van der Waals surface area (Å²) in [6.45, 7) is 0. The van der Waals surface area contributed by atoms with Crippen molar-refractivity contribution in [2.75, 3.05) is 11.1 Å². The molecule has 3 heterocycles. The lowest BCUT2D eigenvalue weighted by molar-refractivity contribution is 0.0996. The van der Waals surface area contributed by atoms with Crippen LogP contribution in [0, 0.1) is 0 Å². The molecular weight excluding hydrogens is 330 g/mol. The average Bonchev–Trinajstić information content (AvgIpc) is 2.97. The van der Waals surface area contributed by atoms with Gasteiger partial charge in [-0.05, 0) is 18.4 Å². The summed E-state index contributed by atoms with van der Waals surface area (Å²) in [7, 11) is -3.42. The van der Waals surface area contributed by atoms with Gasteiger partial charge in [-0.2, -0.15) is 0 Å². The number of carbonyl (C=O) groups excluding carboxylic acids is 1. The Kier molecular flexibility index (Phi) is 3.20. The molecule has 124 valence electrons. The normalized spacial score (nSPS) is 21.6. The lowest BCUT2D eigenvalue weighted by atomic mass is 10.0. The molecule has 0 aliphatic carbocycles. The van der Waals surface area contributed by atoms with Crippen LogP contribution in [0.5, 0.6) is 0 Å². The van der Waals surface area contributed by atoms with Gasteiger partial charge in [0.1, 0.15) is 6.04 Å². The molecule has 0 spiro atoms. The lowest BCUT2D eigenvalue weighted by Crippen LogP contribution is -2.33. The predicted molar refractivity (Wildman–Crippen MR) is 86.8 cm³/mol. The third-order valence-electron chi connectivity index (χ3n) is 4.28. The molecule has 2 aliphatic rings. The van der Waals surface area contributed by atoms with Crippen LogP contribution in [-0.4, -0.2) is 35.1 Å². The number of hydrogen-bond donors (Lipinski definition) is 2. The molecule has 24 heavy (non-hydrogen) atoms. The number of anilines is 1. The van der Waals surface area contributed by atoms with E-state index < -0.39 is 21.8 Å². The first kappa shape index (κ1) is 14.9. The van der Waals surface area contributed by atoms with Gasteiger partial charge >= 0.3 is 0 Å². The van der Waals surface area contributed by atoms with Crippen LogP contribution in [0.3, 0.4) is 0 Å². The summed E-state index contributed by atoms with van der Waals surface area (Å²) >= 11 is 0. The van der Waals surface area contributed by atoms with Crippen LogP contribution in [0.1, 0.15) is 34.9 Å². The number of aromatic nitrogens is 3. The molecule has 2 aromatic rings. The van der Waals surface area contributed by atoms with E-state index in [9.17, 15) is 13.2 Å². The minimum Gasteiger partial charge on any atom is -0.364 e. The number of nitrogens with two attached hydrogens (primary N) is 1. The van der Waals surface area contributed by atoms with E-state index in [2.05, 4.69) is 15.6 Å². The third kappa shape index (κ3) is 2.12. The summed E-state index contributed by atoms with van der Waals surface area (Å²) < 4.78 is 26.8. The summed E-state index contributed by atoms with van der Waals surface area (Å²) in [4.78, 5) is 11.9. The molecule has 9 heteroatoms. The molecule has 1 atom stereocenters. The molecule has 1 aromatic carbocycles. The molecule has 4 rings (SSSR count). The van der Waals surface area contributed by atoms with E-state index in [-0.39, 0.29) is 11.4 Å². The van der Waals surface area contributed by atoms with Crippen LogP contribution in [0.25, 0.3) is 0 Å². The predicted octanol–water partition coefficient (Wildman–Crippen LogP) is 0.812. The maximum Gasteiger partial charge on any atom is 0.273 e. The van der Waals surface area contributed by atoms with E-state index in [0.717, 1.165) is 5.56 Å². The van der Waals surface area contributed by atoms with E-state index in [1.54, 1.807) is 0 Å². The Balaban J connectivity index is 2.00. The Labute approximate surface area is 138 Å². The van der Waals surface area contributed by atoms with Gasteiger partial charge < -0.3 is 11.1 Å². The van der Waals surface area contributed by atoms with Crippen molar-refractivity contribution in [1.29, 1.82) is 0 Å². The van der Waals surface area contributed by atoms with Crippen molar-refractivity contribution in [2.45, 2.75) is 18.9 Å². The standard InChI is InChI=1S/C15H15N5O3S/c16-14(21)11-15-17-10-7-4-8-24(22,23)13(10)12(20(15)19-18-11)9-5-2-1-3-6-9/h1-3,5-6,12,17H,4,7-8H2,(H2,16,21). The monoisotopic (exact) mass is 345 g/mol. The highest BCUT2D eigenvalue weighted by Gasteiger charge is 2.41. The zero-order chi connectivity index (χ0) is 16.9. The average molecular weight is 345 g/mol. The molecule has 0 bridgehead atoms. The number of sulfone groups is 1. The number of hydrogen-bond acceptors (Lipinski definition) is 6. The quantitative estimate of drug-likeness (QED) is 0.831. The van der Waals surface area contributed by atoms with Crippen LogP contribution >= 0.6 is 0 Å². The number of primary amides is 1. The van der Waals surface area contributed by atoms with Gasteiger partial charge in [-0.25, -0.2) is 13.1 Å². The minimum atomic E-state index is -3.42. The van der Waals surface area contributed by atoms with Crippen LogP contribution in [0.2, 0.25) is 0 Å². The SMILES string of the molecule is NC(=O)c1nnn2c1NC1=C(C2c2ccccc2)S(=O)(=O)CCC1. The van der Waals surface area contributed by atoms with Gasteiger partial charge in [-0.1, -0.05) is 35.5 Å². The van der Waals surface area contributed by atoms with E-state index in [4.69, 9.17) is 5.73 Å². The fourth-order valence-corrected chi connectivity index (χ4v) is 5.11. The second-order valence-electron chi connectivity index (χ2n) is 5.80. The molecule has 0 saturated carbocycles. The van der Waals surface area contributed by atoms with Crippen LogP contribution in [-0.2, 0) is 9.84 Å². The molecule has 3 N–H and O–H groups in total. The van der Waals surface area contributed by atoms with Gasteiger partial charge in [-0.3, -0.25) is 4.79 Å². The van der Waals surface area contributed by atoms with E-state index in [1.165, 1.54) is 4.68 Å². The van der Waals surface area contributed by atoms with Crippen molar-refractivity contribution < 1.29 is 13.2 Å². The molecule has 1 amide bonds. The topological polar surface area (TPSA) is 120 Å². The van der Waals surface area contributed by atoms with Gasteiger partial charge in [0.05, 0.1) is 10.7 Å². The van der Waals surface area contributed by atoms with Crippen molar-refractivity contribution in [2.24, 2.45) is 5.73 Å². The Hall–Kier alpha value is -2.68. The number of amides is 1. The summed E-state index contributed by atoms with van der Waals surface area (Å²) in [5.74, 6) is -0.269. The maximum absolute atomic E-state index is 12.7. The maximum atomic E-state index is 12.7. The molecular formula is C15H15N5O3S. The zero-order valence-corrected chi connectivity index (χ0v) is 13.5. The fraction of sp³-hybridized carbons (Fsp3) is 0.267. The van der Waals surface area contributed by atoms with Gasteiger partial charge in [0, 0.05) is 5.70 Å². The zero-order valence-electron chi connectivity index (χ0n) is 12.6. The first-order valence-electron chi connectivity index (χ1n) is 7.52. The summed E-state index contributed by atoms with van der Waals surface area (Å²) in [6, 6.07) is 8.53. The number of allylic oxidation sites excluding steroid dienone is 2. The highest BCUT2D eigenvalue weighted by molar-refractivity contribution is 7.95. The van der Waals surface area contributed by atoms with Crippen LogP contribution < -0.4 is 11.1 Å². The van der Waals surface area contributed by atoms with Crippen molar-refractivity contribution >= 4 is 21.6 Å². The molecule has 0 saturated heterocycles. The number of carbonyl (C=O) groups is 1. The van der Waals surface area contributed by atoms with Crippen molar-refractivity contribution in [1.82, 2.24) is 15.0 Å². The van der Waals surface area contributed by atoms with Gasteiger partial charge in [0.15, 0.2) is 21.3 Å². The van der Waals surface area contributed by atoms with Crippen LogP contribution in [0.15, 0.2) is 40.9 Å². The molecule has 2 aliphatic heterocycles. The van der Waals surface area contributed by atoms with E-state index in [0.29, 0.717) is 29.3 Å². The fourth-order valence-electron chi connectivity index (χ4n) is 3.26. The van der Waals surface area contributed by atoms with E-state index >= 15 is 0 Å². The Morgan fingerprint density at radius 3 is 2.75 bits per heavy atom. The molecule has 1 aromatic heterocycles.